The maximum atomic E-state index is 7.11. The molecule has 88 heavy (non-hydrogen) atoms. The fourth-order valence-electron chi connectivity index (χ4n) is 17.8. The van der Waals surface area contributed by atoms with Crippen molar-refractivity contribution in [2.75, 3.05) is 4.90 Å². The van der Waals surface area contributed by atoms with Gasteiger partial charge in [-0.2, -0.15) is 0 Å². The highest BCUT2D eigenvalue weighted by molar-refractivity contribution is 6.19. The number of rotatable bonds is 5. The van der Waals surface area contributed by atoms with Crippen LogP contribution >= 0.6 is 0 Å². The monoisotopic (exact) mass is 1130 g/mol. The lowest BCUT2D eigenvalue weighted by atomic mass is 9.71. The van der Waals surface area contributed by atoms with Crippen LogP contribution in [-0.4, -0.2) is 4.57 Å². The predicted octanol–water partition coefficient (Wildman–Crippen LogP) is 22.6. The fourth-order valence-corrected chi connectivity index (χ4v) is 17.8. The number of benzene rings is 12. The molecule has 19 rings (SSSR count). The van der Waals surface area contributed by atoms with E-state index in [1.165, 1.54) is 144 Å². The zero-order valence-electron chi connectivity index (χ0n) is 50.9. The topological polar surface area (TPSA) is 21.3 Å². The van der Waals surface area contributed by atoms with Gasteiger partial charge in [-0.1, -0.05) is 207 Å². The molecule has 0 saturated carbocycles. The molecule has 420 valence electrons. The van der Waals surface area contributed by atoms with Crippen LogP contribution in [0.2, 0.25) is 0 Å². The molecule has 0 atom stereocenters. The van der Waals surface area contributed by atoms with Crippen LogP contribution in [0.15, 0.2) is 235 Å². The Labute approximate surface area is 513 Å². The number of hydrogen-bond acceptors (Lipinski definition) is 2. The minimum Gasteiger partial charge on any atom is -0.455 e. The first-order valence-electron chi connectivity index (χ1n) is 31.5. The van der Waals surface area contributed by atoms with Crippen molar-refractivity contribution in [3.63, 3.8) is 0 Å². The second kappa shape index (κ2) is 17.0. The molecule has 0 spiro atoms. The van der Waals surface area contributed by atoms with E-state index in [4.69, 9.17) is 4.42 Å². The molecule has 2 heterocycles. The molecule has 3 nitrogen and oxygen atoms in total. The Bertz CT molecular complexity index is 5480. The molecule has 2 aromatic heterocycles. The van der Waals surface area contributed by atoms with Crippen LogP contribution in [-0.2, 0) is 28.1 Å². The number of anilines is 3. The predicted molar refractivity (Wildman–Crippen MR) is 367 cm³/mol. The summed E-state index contributed by atoms with van der Waals surface area (Å²) in [6.45, 7) is 19.6. The Hall–Kier alpha value is -9.96. The van der Waals surface area contributed by atoms with Crippen molar-refractivity contribution in [1.82, 2.24) is 4.57 Å². The number of nitrogens with zero attached hydrogens (tertiary/aromatic N) is 2. The summed E-state index contributed by atoms with van der Waals surface area (Å²) in [5.41, 5.74) is 37.8. The van der Waals surface area contributed by atoms with E-state index >= 15 is 0 Å². The van der Waals surface area contributed by atoms with Crippen LogP contribution in [0.1, 0.15) is 111 Å². The van der Waals surface area contributed by atoms with Crippen molar-refractivity contribution in [2.45, 2.75) is 83.5 Å². The molecule has 0 bridgehead atoms. The van der Waals surface area contributed by atoms with Gasteiger partial charge in [0.15, 0.2) is 0 Å². The third-order valence-corrected chi connectivity index (χ3v) is 21.9. The second-order valence-electron chi connectivity index (χ2n) is 27.9. The van der Waals surface area contributed by atoms with Crippen molar-refractivity contribution in [2.24, 2.45) is 0 Å². The fraction of sp³-hybridized carbons (Fsp3) is 0.153. The number of para-hydroxylation sites is 3. The Kier molecular flexibility index (Phi) is 9.68. The lowest BCUT2D eigenvalue weighted by Crippen LogP contribution is -2.24. The van der Waals surface area contributed by atoms with E-state index < -0.39 is 0 Å². The molecule has 0 aliphatic heterocycles. The summed E-state index contributed by atoms with van der Waals surface area (Å²) in [5, 5.41) is 4.79. The van der Waals surface area contributed by atoms with Crippen molar-refractivity contribution in [3.8, 4) is 72.4 Å². The third kappa shape index (κ3) is 6.28. The van der Waals surface area contributed by atoms with Gasteiger partial charge in [0.1, 0.15) is 11.2 Å². The van der Waals surface area contributed by atoms with Crippen LogP contribution in [0.5, 0.6) is 0 Å². The van der Waals surface area contributed by atoms with Gasteiger partial charge in [0, 0.05) is 71.5 Å². The Balaban J connectivity index is 0.828. The third-order valence-electron chi connectivity index (χ3n) is 21.9. The Morgan fingerprint density at radius 3 is 1.67 bits per heavy atom. The lowest BCUT2D eigenvalue weighted by Gasteiger charge is -2.32. The number of hydrogen-bond donors (Lipinski definition) is 0. The molecule has 0 radical (unpaired) electrons. The number of fused-ring (bicyclic) bond motifs is 25. The number of furan rings is 1. The van der Waals surface area contributed by atoms with E-state index in [1.807, 2.05) is 0 Å². The zero-order chi connectivity index (χ0) is 59.1. The van der Waals surface area contributed by atoms with Crippen molar-refractivity contribution in [3.05, 3.63) is 286 Å². The van der Waals surface area contributed by atoms with E-state index in [-0.39, 0.29) is 21.7 Å². The van der Waals surface area contributed by atoms with Gasteiger partial charge in [0.05, 0.1) is 11.0 Å². The molecular formula is C85H64N2O. The smallest absolute Gasteiger partial charge is 0.143 e. The quantitative estimate of drug-likeness (QED) is 0.171. The Morgan fingerprint density at radius 2 is 0.886 bits per heavy atom. The van der Waals surface area contributed by atoms with Crippen LogP contribution in [0.3, 0.4) is 0 Å². The summed E-state index contributed by atoms with van der Waals surface area (Å²) in [6, 6.07) is 87.4. The molecule has 5 aliphatic carbocycles. The van der Waals surface area contributed by atoms with Crippen molar-refractivity contribution in [1.29, 1.82) is 0 Å². The minimum absolute atomic E-state index is 0.137. The highest BCUT2D eigenvalue weighted by Crippen LogP contribution is 2.66. The molecule has 0 unspecified atom stereocenters. The average molecular weight is 1130 g/mol. The summed E-state index contributed by atoms with van der Waals surface area (Å²) >= 11 is 0. The molecule has 0 amide bonds. The van der Waals surface area contributed by atoms with E-state index in [0.29, 0.717) is 0 Å². The largest absolute Gasteiger partial charge is 0.455 e. The lowest BCUT2D eigenvalue weighted by molar-refractivity contribution is 0.601. The van der Waals surface area contributed by atoms with Gasteiger partial charge < -0.3 is 13.9 Å². The first-order chi connectivity index (χ1) is 42.7. The van der Waals surface area contributed by atoms with E-state index in [2.05, 4.69) is 295 Å². The highest BCUT2D eigenvalue weighted by Gasteiger charge is 2.50. The molecule has 5 aliphatic rings. The SMILES string of the molecule is CC1(C)c2ccccc2-c2ccc(-c3cc4c(c5c3oc3ccccc35)-c3ccc(N(c5ccc6c(c5)C(C)(C)c5c-6c6c(c7c5C(C)(C)c5ccccc5-7)-c5ccccc5C6)c5ccc6c(c5)c5ccccc5n6-c5ccccc5)cc3C4(C)C)cc21. The van der Waals surface area contributed by atoms with Crippen LogP contribution in [0.25, 0.3) is 116 Å². The first kappa shape index (κ1) is 50.2. The molecule has 3 heteroatoms. The van der Waals surface area contributed by atoms with Crippen molar-refractivity contribution < 1.29 is 4.42 Å². The van der Waals surface area contributed by atoms with Crippen molar-refractivity contribution >= 4 is 60.8 Å². The summed E-state index contributed by atoms with van der Waals surface area (Å²) in [4.78, 5) is 2.57. The molecule has 0 saturated heterocycles. The van der Waals surface area contributed by atoms with Gasteiger partial charge in [-0.15, -0.1) is 0 Å². The zero-order valence-corrected chi connectivity index (χ0v) is 50.9. The maximum absolute atomic E-state index is 7.11. The number of aromatic nitrogens is 1. The highest BCUT2D eigenvalue weighted by atomic mass is 16.3. The molecule has 0 fully saturated rings. The average Bonchev–Trinajstić information content (AvgIpc) is 1.52. The van der Waals surface area contributed by atoms with Gasteiger partial charge in [0.2, 0.25) is 0 Å². The van der Waals surface area contributed by atoms with Gasteiger partial charge in [-0.05, 0) is 202 Å². The summed E-state index contributed by atoms with van der Waals surface area (Å²) < 4.78 is 9.54. The van der Waals surface area contributed by atoms with Crippen LogP contribution in [0, 0.1) is 0 Å². The first-order valence-corrected chi connectivity index (χ1v) is 31.5. The van der Waals surface area contributed by atoms with E-state index in [9.17, 15) is 0 Å². The molecular weight excluding hydrogens is 1060 g/mol. The summed E-state index contributed by atoms with van der Waals surface area (Å²) in [6.07, 6.45) is 0.930. The molecule has 0 N–H and O–H groups in total. The summed E-state index contributed by atoms with van der Waals surface area (Å²) in [7, 11) is 0. The van der Waals surface area contributed by atoms with Gasteiger partial charge in [0.25, 0.3) is 0 Å². The van der Waals surface area contributed by atoms with Crippen LogP contribution < -0.4 is 4.90 Å². The van der Waals surface area contributed by atoms with Gasteiger partial charge >= 0.3 is 0 Å². The molecule has 12 aromatic carbocycles. The van der Waals surface area contributed by atoms with Crippen LogP contribution in [0.4, 0.5) is 17.1 Å². The normalized spacial score (nSPS) is 15.8. The Morgan fingerprint density at radius 1 is 0.352 bits per heavy atom. The standard InChI is InChI=1S/C85H64N2O/c1-82(2)65-30-18-14-26-55(65)56-38-34-49(43-67(56)82)62-47-70-76(78-61-29-17-21-33-73(61)88-81(62)78)60-40-36-52(45-68(60)83(70,3)4)86(51-37-41-72-63(44-51)57-27-16-20-32-71(57)87(72)50-23-10-9-11-24-50)53-35-39-59-69(46-53)85(7,8)79-75(59)64-42-48-22-12-13-25-54(48)74(64)77-58-28-15-19-31-66(58)84(5,6)80(77)79/h9-41,43-47H,42H2,1-8H3. The maximum Gasteiger partial charge on any atom is 0.143 e. The summed E-state index contributed by atoms with van der Waals surface area (Å²) in [5.74, 6) is 0. The second-order valence-corrected chi connectivity index (χ2v) is 27.9. The van der Waals surface area contributed by atoms with E-state index in [0.717, 1.165) is 51.3 Å². The molecule has 14 aromatic rings. The van der Waals surface area contributed by atoms with Gasteiger partial charge in [-0.25, -0.2) is 0 Å². The van der Waals surface area contributed by atoms with E-state index in [1.54, 1.807) is 0 Å². The minimum atomic E-state index is -0.378. The van der Waals surface area contributed by atoms with Gasteiger partial charge in [-0.3, -0.25) is 0 Å².